The maximum atomic E-state index is 6.00. The molecule has 1 aromatic rings. The Morgan fingerprint density at radius 2 is 2.15 bits per heavy atom. The molecular weight excluding hydrogens is 207 g/mol. The van der Waals surface area contributed by atoms with Crippen molar-refractivity contribution in [1.82, 2.24) is 0 Å². The summed E-state index contributed by atoms with van der Waals surface area (Å²) in [5, 5.41) is 1.13. The molecule has 0 N–H and O–H groups in total. The summed E-state index contributed by atoms with van der Waals surface area (Å²) in [6.07, 6.45) is 0. The Hall–Kier alpha value is -0.240. The van der Waals surface area contributed by atoms with Crippen molar-refractivity contribution in [1.29, 1.82) is 0 Å². The van der Waals surface area contributed by atoms with E-state index in [-0.39, 0.29) is 5.92 Å². The van der Waals surface area contributed by atoms with Gasteiger partial charge in [-0.1, -0.05) is 35.3 Å². The Balaban J connectivity index is 2.93. The minimum atomic E-state index is 0.0243. The highest BCUT2D eigenvalue weighted by molar-refractivity contribution is 6.42. The number of halogens is 2. The van der Waals surface area contributed by atoms with E-state index >= 15 is 0 Å². The van der Waals surface area contributed by atoms with E-state index in [1.165, 1.54) is 0 Å². The molecule has 1 radical (unpaired) electrons. The fourth-order valence-electron chi connectivity index (χ4n) is 1.13. The molecule has 0 aliphatic carbocycles. The summed E-state index contributed by atoms with van der Waals surface area (Å²) in [6, 6.07) is 5.52. The van der Waals surface area contributed by atoms with Crippen LogP contribution in [0.4, 0.5) is 0 Å². The Bertz CT molecular complexity index is 286. The molecule has 13 heavy (non-hydrogen) atoms. The largest absolute Gasteiger partial charge is 0.384 e. The molecule has 0 aromatic heterocycles. The van der Waals surface area contributed by atoms with Crippen molar-refractivity contribution in [3.05, 3.63) is 40.7 Å². The lowest BCUT2D eigenvalue weighted by molar-refractivity contribution is 0.190. The van der Waals surface area contributed by atoms with Crippen molar-refractivity contribution < 1.29 is 4.74 Å². The predicted octanol–water partition coefficient (Wildman–Crippen LogP) is 3.56. The first-order valence-corrected chi connectivity index (χ1v) is 4.68. The minimum absolute atomic E-state index is 0.0243. The molecule has 1 unspecified atom stereocenters. The molecule has 0 bridgehead atoms. The van der Waals surface area contributed by atoms with Gasteiger partial charge in [0.05, 0.1) is 16.7 Å². The molecule has 0 saturated carbocycles. The van der Waals surface area contributed by atoms with Gasteiger partial charge < -0.3 is 4.74 Å². The average molecular weight is 218 g/mol. The van der Waals surface area contributed by atoms with Crippen molar-refractivity contribution in [2.75, 3.05) is 13.7 Å². The predicted molar refractivity (Wildman–Crippen MR) is 56.4 cm³/mol. The van der Waals surface area contributed by atoms with Gasteiger partial charge in [-0.05, 0) is 18.6 Å². The van der Waals surface area contributed by atoms with Crippen LogP contribution in [-0.4, -0.2) is 13.7 Å². The van der Waals surface area contributed by atoms with Gasteiger partial charge in [0, 0.05) is 13.0 Å². The first-order valence-electron chi connectivity index (χ1n) is 3.92. The molecule has 0 saturated heterocycles. The Labute approximate surface area is 88.6 Å². The summed E-state index contributed by atoms with van der Waals surface area (Å²) in [6.45, 7) is 4.47. The van der Waals surface area contributed by atoms with E-state index in [9.17, 15) is 0 Å². The van der Waals surface area contributed by atoms with Crippen LogP contribution in [0.15, 0.2) is 18.2 Å². The third-order valence-corrected chi connectivity index (χ3v) is 2.62. The van der Waals surface area contributed by atoms with Gasteiger partial charge in [0.2, 0.25) is 0 Å². The van der Waals surface area contributed by atoms with Crippen LogP contribution in [0.3, 0.4) is 0 Å². The number of hydrogen-bond acceptors (Lipinski definition) is 1. The first-order chi connectivity index (χ1) is 6.16. The summed E-state index contributed by atoms with van der Waals surface area (Å²) in [7, 11) is 1.64. The van der Waals surface area contributed by atoms with E-state index in [1.807, 2.05) is 12.1 Å². The quantitative estimate of drug-likeness (QED) is 0.753. The number of rotatable bonds is 3. The molecule has 3 heteroatoms. The monoisotopic (exact) mass is 217 g/mol. The van der Waals surface area contributed by atoms with Crippen LogP contribution in [0.5, 0.6) is 0 Å². The van der Waals surface area contributed by atoms with Crippen molar-refractivity contribution in [2.24, 2.45) is 0 Å². The van der Waals surface area contributed by atoms with Crippen LogP contribution in [-0.2, 0) is 4.74 Å². The minimum Gasteiger partial charge on any atom is -0.384 e. The normalized spacial score (nSPS) is 12.9. The molecule has 1 rings (SSSR count). The summed E-state index contributed by atoms with van der Waals surface area (Å²) < 4.78 is 4.99. The summed E-state index contributed by atoms with van der Waals surface area (Å²) in [5.74, 6) is 0.0243. The Morgan fingerprint density at radius 3 is 2.77 bits per heavy atom. The van der Waals surface area contributed by atoms with E-state index in [0.717, 1.165) is 5.56 Å². The second kappa shape index (κ2) is 4.85. The molecule has 1 nitrogen and oxygen atoms in total. The van der Waals surface area contributed by atoms with Gasteiger partial charge in [0.1, 0.15) is 0 Å². The lowest BCUT2D eigenvalue weighted by Crippen LogP contribution is -2.02. The highest BCUT2D eigenvalue weighted by atomic mass is 35.5. The standard InChI is InChI=1S/C10H11Cl2O/c1-7(6-13-2)8-4-3-5-9(11)10(8)12/h3-5,7H,1,6H2,2H3. The zero-order chi connectivity index (χ0) is 9.84. The van der Waals surface area contributed by atoms with Crippen LogP contribution < -0.4 is 0 Å². The zero-order valence-electron chi connectivity index (χ0n) is 7.39. The van der Waals surface area contributed by atoms with Gasteiger partial charge in [-0.25, -0.2) is 0 Å². The summed E-state index contributed by atoms with van der Waals surface area (Å²) >= 11 is 11.9. The van der Waals surface area contributed by atoms with Crippen molar-refractivity contribution in [3.63, 3.8) is 0 Å². The lowest BCUT2D eigenvalue weighted by Gasteiger charge is -2.12. The second-order valence-corrected chi connectivity index (χ2v) is 3.58. The number of benzene rings is 1. The molecule has 0 amide bonds. The Morgan fingerprint density at radius 1 is 1.46 bits per heavy atom. The van der Waals surface area contributed by atoms with Crippen LogP contribution >= 0.6 is 23.2 Å². The molecule has 1 atom stereocenters. The lowest BCUT2D eigenvalue weighted by atomic mass is 10.0. The molecule has 1 aromatic carbocycles. The number of methoxy groups -OCH3 is 1. The van der Waals surface area contributed by atoms with Crippen molar-refractivity contribution in [3.8, 4) is 0 Å². The van der Waals surface area contributed by atoms with Gasteiger partial charge >= 0.3 is 0 Å². The molecular formula is C10H11Cl2O. The summed E-state index contributed by atoms with van der Waals surface area (Å²) in [5.41, 5.74) is 0.927. The van der Waals surface area contributed by atoms with Crippen molar-refractivity contribution >= 4 is 23.2 Å². The molecule has 71 valence electrons. The smallest absolute Gasteiger partial charge is 0.0627 e. The van der Waals surface area contributed by atoms with Gasteiger partial charge in [-0.3, -0.25) is 0 Å². The summed E-state index contributed by atoms with van der Waals surface area (Å²) in [4.78, 5) is 0. The van der Waals surface area contributed by atoms with Crippen LogP contribution in [0.1, 0.15) is 11.5 Å². The molecule has 0 aliphatic rings. The van der Waals surface area contributed by atoms with Crippen molar-refractivity contribution in [2.45, 2.75) is 5.92 Å². The van der Waals surface area contributed by atoms with Crippen LogP contribution in [0, 0.1) is 6.92 Å². The van der Waals surface area contributed by atoms with Gasteiger partial charge in [0.15, 0.2) is 0 Å². The van der Waals surface area contributed by atoms with E-state index in [4.69, 9.17) is 27.9 Å². The van der Waals surface area contributed by atoms with E-state index in [0.29, 0.717) is 16.7 Å². The molecule has 0 aliphatic heterocycles. The number of ether oxygens (including phenoxy) is 1. The maximum absolute atomic E-state index is 6.00. The Kier molecular flexibility index (Phi) is 4.04. The zero-order valence-corrected chi connectivity index (χ0v) is 8.90. The van der Waals surface area contributed by atoms with Gasteiger partial charge in [-0.2, -0.15) is 0 Å². The van der Waals surface area contributed by atoms with E-state index < -0.39 is 0 Å². The first kappa shape index (κ1) is 10.8. The molecule has 0 heterocycles. The average Bonchev–Trinajstić information content (AvgIpc) is 2.10. The topological polar surface area (TPSA) is 9.23 Å². The van der Waals surface area contributed by atoms with E-state index in [1.54, 1.807) is 13.2 Å². The van der Waals surface area contributed by atoms with Gasteiger partial charge in [-0.15, -0.1) is 0 Å². The van der Waals surface area contributed by atoms with Crippen LogP contribution in [0.25, 0.3) is 0 Å². The fourth-order valence-corrected chi connectivity index (χ4v) is 1.59. The molecule has 0 fully saturated rings. The second-order valence-electron chi connectivity index (χ2n) is 2.80. The third-order valence-electron chi connectivity index (χ3n) is 1.79. The van der Waals surface area contributed by atoms with Crippen LogP contribution in [0.2, 0.25) is 10.0 Å². The van der Waals surface area contributed by atoms with Gasteiger partial charge in [0.25, 0.3) is 0 Å². The third kappa shape index (κ3) is 2.60. The molecule has 0 spiro atoms. The maximum Gasteiger partial charge on any atom is 0.0627 e. The van der Waals surface area contributed by atoms with E-state index in [2.05, 4.69) is 6.92 Å². The number of hydrogen-bond donors (Lipinski definition) is 0. The highest BCUT2D eigenvalue weighted by Gasteiger charge is 2.11. The highest BCUT2D eigenvalue weighted by Crippen LogP contribution is 2.30. The fraction of sp³-hybridized carbons (Fsp3) is 0.300. The SMILES string of the molecule is [CH2]C(COC)c1cccc(Cl)c1Cl.